The topological polar surface area (TPSA) is 94.8 Å². The van der Waals surface area contributed by atoms with Crippen molar-refractivity contribution in [2.24, 2.45) is 5.92 Å². The maximum absolute atomic E-state index is 13.4. The van der Waals surface area contributed by atoms with E-state index in [-0.39, 0.29) is 11.5 Å². The van der Waals surface area contributed by atoms with Gasteiger partial charge in [0.25, 0.3) is 5.91 Å². The van der Waals surface area contributed by atoms with Gasteiger partial charge in [0.05, 0.1) is 24.2 Å². The molecule has 2 aliphatic rings. The Labute approximate surface area is 203 Å². The van der Waals surface area contributed by atoms with Crippen LogP contribution in [-0.4, -0.2) is 29.9 Å². The molecule has 0 radical (unpaired) electrons. The predicted molar refractivity (Wildman–Crippen MR) is 131 cm³/mol. The van der Waals surface area contributed by atoms with E-state index < -0.39 is 17.5 Å². The first-order chi connectivity index (χ1) is 16.8. The monoisotopic (exact) mass is 475 g/mol. The molecule has 0 unspecified atom stereocenters. The van der Waals surface area contributed by atoms with Crippen molar-refractivity contribution in [2.45, 2.75) is 58.5 Å². The number of nitrogens with one attached hydrogen (secondary N) is 1. The van der Waals surface area contributed by atoms with Crippen LogP contribution in [0.15, 0.2) is 40.8 Å². The summed E-state index contributed by atoms with van der Waals surface area (Å²) >= 11 is 0. The molecule has 1 N–H and O–H groups in total. The van der Waals surface area contributed by atoms with Gasteiger partial charge in [-0.1, -0.05) is 6.92 Å². The third-order valence-corrected chi connectivity index (χ3v) is 7.19. The van der Waals surface area contributed by atoms with Crippen molar-refractivity contribution >= 4 is 34.3 Å². The summed E-state index contributed by atoms with van der Waals surface area (Å²) in [6.07, 6.45) is 4.22. The summed E-state index contributed by atoms with van der Waals surface area (Å²) in [6.45, 7) is 6.06. The second-order valence-corrected chi connectivity index (χ2v) is 9.69. The summed E-state index contributed by atoms with van der Waals surface area (Å²) < 4.78 is 17.3. The summed E-state index contributed by atoms with van der Waals surface area (Å²) in [5.41, 5.74) is 2.08. The molecule has 0 atom stereocenters. The van der Waals surface area contributed by atoms with Gasteiger partial charge in [0.15, 0.2) is 11.5 Å². The van der Waals surface area contributed by atoms with Crippen LogP contribution in [0, 0.1) is 12.8 Å². The van der Waals surface area contributed by atoms with E-state index in [0.717, 1.165) is 25.7 Å². The van der Waals surface area contributed by atoms with Gasteiger partial charge in [0.1, 0.15) is 16.9 Å². The number of anilines is 1. The summed E-state index contributed by atoms with van der Waals surface area (Å²) in [5.74, 6) is 0.563. The first kappa shape index (κ1) is 23.1. The van der Waals surface area contributed by atoms with Gasteiger partial charge >= 0.3 is 5.97 Å². The molecular weight excluding hydrogens is 446 g/mol. The van der Waals surface area contributed by atoms with Crippen molar-refractivity contribution in [3.63, 3.8) is 0 Å². The molecular formula is C28H29NO6. The minimum atomic E-state index is -0.432. The van der Waals surface area contributed by atoms with Gasteiger partial charge < -0.3 is 19.2 Å². The zero-order valence-electron chi connectivity index (χ0n) is 20.2. The lowest BCUT2D eigenvalue weighted by Gasteiger charge is -2.42. The zero-order chi connectivity index (χ0) is 24.7. The van der Waals surface area contributed by atoms with Gasteiger partial charge in [0, 0.05) is 16.6 Å². The number of furan rings is 1. The Morgan fingerprint density at radius 3 is 2.51 bits per heavy atom. The highest BCUT2D eigenvalue weighted by molar-refractivity contribution is 6.14. The Kier molecular flexibility index (Phi) is 5.87. The molecule has 3 aromatic rings. The van der Waals surface area contributed by atoms with E-state index in [4.69, 9.17) is 13.9 Å². The lowest BCUT2D eigenvalue weighted by molar-refractivity contribution is 0.00429. The first-order valence-electron chi connectivity index (χ1n) is 12.2. The molecule has 2 aromatic carbocycles. The molecule has 35 heavy (non-hydrogen) atoms. The summed E-state index contributed by atoms with van der Waals surface area (Å²) in [7, 11) is 0. The van der Waals surface area contributed by atoms with E-state index in [1.165, 1.54) is 0 Å². The SMILES string of the molecule is CCOC(=O)c1ccc(NC(=O)c2oc3ccc4c(c3c2C)C(=O)CC2(CCC(C)CC2)O4)cc1. The number of ketones is 1. The van der Waals surface area contributed by atoms with Crippen molar-refractivity contribution in [1.29, 1.82) is 0 Å². The highest BCUT2D eigenvalue weighted by atomic mass is 16.5. The Morgan fingerprint density at radius 1 is 1.11 bits per heavy atom. The van der Waals surface area contributed by atoms with Crippen molar-refractivity contribution in [3.05, 3.63) is 58.8 Å². The first-order valence-corrected chi connectivity index (χ1v) is 12.2. The fraction of sp³-hybridized carbons (Fsp3) is 0.393. The van der Waals surface area contributed by atoms with Crippen LogP contribution in [-0.2, 0) is 4.74 Å². The maximum atomic E-state index is 13.4. The van der Waals surface area contributed by atoms with Crippen molar-refractivity contribution < 1.29 is 28.3 Å². The summed E-state index contributed by atoms with van der Waals surface area (Å²) in [5, 5.41) is 3.43. The maximum Gasteiger partial charge on any atom is 0.338 e. The van der Waals surface area contributed by atoms with E-state index in [1.807, 2.05) is 0 Å². The molecule has 1 spiro atoms. The van der Waals surface area contributed by atoms with E-state index in [9.17, 15) is 14.4 Å². The molecule has 1 fully saturated rings. The van der Waals surface area contributed by atoms with Gasteiger partial charge in [-0.2, -0.15) is 0 Å². The number of rotatable bonds is 4. The quantitative estimate of drug-likeness (QED) is 0.459. The zero-order valence-corrected chi connectivity index (χ0v) is 20.2. The highest BCUT2D eigenvalue weighted by Gasteiger charge is 2.43. The second-order valence-electron chi connectivity index (χ2n) is 9.69. The Balaban J connectivity index is 1.41. The number of carbonyl (C=O) groups excluding carboxylic acids is 3. The van der Waals surface area contributed by atoms with Crippen LogP contribution in [0.3, 0.4) is 0 Å². The number of aryl methyl sites for hydroxylation is 1. The normalized spacial score (nSPS) is 21.5. The van der Waals surface area contributed by atoms with E-state index in [2.05, 4.69) is 12.2 Å². The molecule has 7 heteroatoms. The van der Waals surface area contributed by atoms with Crippen LogP contribution in [0.1, 0.15) is 82.8 Å². The fourth-order valence-electron chi connectivity index (χ4n) is 5.21. The van der Waals surface area contributed by atoms with E-state index >= 15 is 0 Å². The van der Waals surface area contributed by atoms with Crippen LogP contribution in [0.25, 0.3) is 11.0 Å². The lowest BCUT2D eigenvalue weighted by Crippen LogP contribution is -2.44. The van der Waals surface area contributed by atoms with Crippen LogP contribution in [0.4, 0.5) is 5.69 Å². The summed E-state index contributed by atoms with van der Waals surface area (Å²) in [4.78, 5) is 38.2. The Bertz CT molecular complexity index is 1310. The van der Waals surface area contributed by atoms with Crippen LogP contribution in [0.2, 0.25) is 0 Å². The third-order valence-electron chi connectivity index (χ3n) is 7.19. The van der Waals surface area contributed by atoms with Crippen LogP contribution < -0.4 is 10.1 Å². The molecule has 7 nitrogen and oxygen atoms in total. The summed E-state index contributed by atoms with van der Waals surface area (Å²) in [6, 6.07) is 10.00. The molecule has 0 saturated heterocycles. The number of esters is 1. The average Bonchev–Trinajstić information content (AvgIpc) is 3.18. The number of hydrogen-bond acceptors (Lipinski definition) is 6. The highest BCUT2D eigenvalue weighted by Crippen LogP contribution is 2.46. The van der Waals surface area contributed by atoms with Crippen molar-refractivity contribution in [1.82, 2.24) is 0 Å². The molecule has 1 aliphatic carbocycles. The number of ether oxygens (including phenoxy) is 2. The second kappa shape index (κ2) is 8.87. The average molecular weight is 476 g/mol. The minimum Gasteiger partial charge on any atom is -0.486 e. The Hall–Kier alpha value is -3.61. The molecule has 2 heterocycles. The van der Waals surface area contributed by atoms with Gasteiger partial charge in [-0.05, 0) is 81.8 Å². The van der Waals surface area contributed by atoms with Crippen LogP contribution in [0.5, 0.6) is 5.75 Å². The number of hydrogen-bond donors (Lipinski definition) is 1. The van der Waals surface area contributed by atoms with Gasteiger partial charge in [0.2, 0.25) is 0 Å². The minimum absolute atomic E-state index is 0.0387. The largest absolute Gasteiger partial charge is 0.486 e. The molecule has 1 aliphatic heterocycles. The van der Waals surface area contributed by atoms with Crippen LogP contribution >= 0.6 is 0 Å². The van der Waals surface area contributed by atoms with E-state index in [1.54, 1.807) is 50.2 Å². The van der Waals surface area contributed by atoms with Gasteiger partial charge in [-0.3, -0.25) is 9.59 Å². The van der Waals surface area contributed by atoms with Gasteiger partial charge in [-0.15, -0.1) is 0 Å². The number of benzene rings is 2. The molecule has 1 amide bonds. The molecule has 5 rings (SSSR count). The predicted octanol–water partition coefficient (Wildman–Crippen LogP) is 6.08. The van der Waals surface area contributed by atoms with Crippen molar-refractivity contribution in [2.75, 3.05) is 11.9 Å². The number of amides is 1. The molecule has 1 saturated carbocycles. The molecule has 0 bridgehead atoms. The van der Waals surface area contributed by atoms with Gasteiger partial charge in [-0.25, -0.2) is 4.79 Å². The molecule has 1 aromatic heterocycles. The molecule has 182 valence electrons. The Morgan fingerprint density at radius 2 is 1.83 bits per heavy atom. The number of fused-ring (bicyclic) bond motifs is 3. The smallest absolute Gasteiger partial charge is 0.338 e. The number of Topliss-reactive ketones (excluding diaryl/α,β-unsaturated/α-hetero) is 1. The lowest BCUT2D eigenvalue weighted by atomic mass is 9.74. The third kappa shape index (κ3) is 4.20. The number of carbonyl (C=O) groups is 3. The fourth-order valence-corrected chi connectivity index (χ4v) is 5.21. The van der Waals surface area contributed by atoms with Crippen molar-refractivity contribution in [3.8, 4) is 5.75 Å². The van der Waals surface area contributed by atoms with E-state index in [0.29, 0.717) is 58.0 Å². The standard InChI is InChI=1S/C28H29NO6/c1-4-33-27(32)18-5-7-19(8-6-18)29-26(31)25-17(3)23-21(34-25)9-10-22-24(23)20(30)15-28(35-22)13-11-16(2)12-14-28/h5-10,16H,4,11-15H2,1-3H3,(H,29,31).